The molecular formula is C14H10F4N4. The molecule has 0 radical (unpaired) electrons. The van der Waals surface area contributed by atoms with E-state index in [2.05, 4.69) is 9.97 Å². The van der Waals surface area contributed by atoms with Crippen molar-refractivity contribution in [1.29, 1.82) is 0 Å². The van der Waals surface area contributed by atoms with Crippen molar-refractivity contribution in [2.45, 2.75) is 12.7 Å². The molecule has 0 saturated carbocycles. The average molecular weight is 310 g/mol. The summed E-state index contributed by atoms with van der Waals surface area (Å²) in [7, 11) is 0. The van der Waals surface area contributed by atoms with Crippen LogP contribution >= 0.6 is 0 Å². The van der Waals surface area contributed by atoms with Gasteiger partial charge in [0.2, 0.25) is 0 Å². The van der Waals surface area contributed by atoms with Crippen LogP contribution in [0.1, 0.15) is 11.3 Å². The predicted molar refractivity (Wildman–Crippen MR) is 69.9 cm³/mol. The first-order valence-electron chi connectivity index (χ1n) is 6.29. The largest absolute Gasteiger partial charge is 0.419 e. The van der Waals surface area contributed by atoms with Gasteiger partial charge in [0, 0.05) is 24.3 Å². The number of hydrogen-bond donors (Lipinski definition) is 0. The Bertz CT molecular complexity index is 774. The van der Waals surface area contributed by atoms with Crippen molar-refractivity contribution < 1.29 is 17.6 Å². The molecular weight excluding hydrogens is 300 g/mol. The Balaban J connectivity index is 1.86. The Morgan fingerprint density at radius 1 is 1.14 bits per heavy atom. The second-order valence-electron chi connectivity index (χ2n) is 4.67. The third-order valence-corrected chi connectivity index (χ3v) is 3.10. The van der Waals surface area contributed by atoms with Crippen LogP contribution in [0.4, 0.5) is 17.6 Å². The van der Waals surface area contributed by atoms with E-state index < -0.39 is 17.6 Å². The quantitative estimate of drug-likeness (QED) is 0.696. The molecule has 2 aromatic heterocycles. The lowest BCUT2D eigenvalue weighted by atomic mass is 10.2. The minimum Gasteiger partial charge on any atom is -0.331 e. The van der Waals surface area contributed by atoms with Gasteiger partial charge in [0.1, 0.15) is 5.82 Å². The summed E-state index contributed by atoms with van der Waals surface area (Å²) in [6, 6.07) is 2.76. The second-order valence-corrected chi connectivity index (χ2v) is 4.67. The smallest absolute Gasteiger partial charge is 0.331 e. The van der Waals surface area contributed by atoms with Gasteiger partial charge in [-0.3, -0.25) is 0 Å². The first kappa shape index (κ1) is 14.3. The van der Waals surface area contributed by atoms with Crippen molar-refractivity contribution in [3.8, 4) is 5.69 Å². The third kappa shape index (κ3) is 2.85. The summed E-state index contributed by atoms with van der Waals surface area (Å²) in [6.07, 6.45) is 3.36. The number of alkyl halides is 3. The molecule has 3 aromatic rings. The van der Waals surface area contributed by atoms with Gasteiger partial charge in [-0.15, -0.1) is 0 Å². The molecule has 2 heterocycles. The molecule has 114 valence electrons. The van der Waals surface area contributed by atoms with Gasteiger partial charge < -0.3 is 9.13 Å². The molecule has 0 spiro atoms. The van der Waals surface area contributed by atoms with Crippen molar-refractivity contribution in [2.24, 2.45) is 0 Å². The van der Waals surface area contributed by atoms with Crippen molar-refractivity contribution in [2.75, 3.05) is 0 Å². The van der Waals surface area contributed by atoms with Crippen LogP contribution in [0.2, 0.25) is 0 Å². The highest BCUT2D eigenvalue weighted by atomic mass is 19.4. The van der Waals surface area contributed by atoms with Crippen LogP contribution in [-0.4, -0.2) is 19.1 Å². The van der Waals surface area contributed by atoms with Gasteiger partial charge in [0.25, 0.3) is 0 Å². The first-order chi connectivity index (χ1) is 10.4. The van der Waals surface area contributed by atoms with E-state index in [1.165, 1.54) is 17.0 Å². The zero-order valence-electron chi connectivity index (χ0n) is 11.1. The molecule has 0 saturated heterocycles. The first-order valence-corrected chi connectivity index (χ1v) is 6.29. The summed E-state index contributed by atoms with van der Waals surface area (Å²) < 4.78 is 54.4. The van der Waals surface area contributed by atoms with Crippen molar-refractivity contribution in [1.82, 2.24) is 19.1 Å². The van der Waals surface area contributed by atoms with E-state index >= 15 is 0 Å². The average Bonchev–Trinajstić information content (AvgIpc) is 3.09. The molecule has 0 aliphatic carbocycles. The molecule has 3 rings (SSSR count). The van der Waals surface area contributed by atoms with Gasteiger partial charge in [0.15, 0.2) is 0 Å². The highest BCUT2D eigenvalue weighted by Gasteiger charge is 2.33. The fraction of sp³-hybridized carbons (Fsp3) is 0.143. The SMILES string of the molecule is Fc1cc(-n2cnc(Cn3ccnc3)c2)ccc1C(F)(F)F. The monoisotopic (exact) mass is 310 g/mol. The summed E-state index contributed by atoms with van der Waals surface area (Å²) in [5, 5.41) is 0. The molecule has 4 nitrogen and oxygen atoms in total. The number of imidazole rings is 2. The van der Waals surface area contributed by atoms with Gasteiger partial charge in [-0.25, -0.2) is 14.4 Å². The Hall–Kier alpha value is -2.64. The summed E-state index contributed by atoms with van der Waals surface area (Å²) in [4.78, 5) is 8.04. The summed E-state index contributed by atoms with van der Waals surface area (Å²) in [5.74, 6) is -1.31. The number of rotatable bonds is 3. The fourth-order valence-electron chi connectivity index (χ4n) is 2.05. The maximum absolute atomic E-state index is 13.6. The van der Waals surface area contributed by atoms with Gasteiger partial charge >= 0.3 is 6.18 Å². The standard InChI is InChI=1S/C14H10F4N4/c15-13-5-11(1-2-12(13)14(16,17)18)22-7-10(20-9-22)6-21-4-3-19-8-21/h1-5,7-9H,6H2. The van der Waals surface area contributed by atoms with Crippen LogP contribution in [0.5, 0.6) is 0 Å². The Morgan fingerprint density at radius 3 is 2.59 bits per heavy atom. The van der Waals surface area contributed by atoms with Crippen LogP contribution in [0.25, 0.3) is 5.69 Å². The minimum atomic E-state index is -4.70. The van der Waals surface area contributed by atoms with Crippen LogP contribution in [0.15, 0.2) is 49.4 Å². The lowest BCUT2D eigenvalue weighted by Gasteiger charge is -2.09. The second kappa shape index (κ2) is 5.28. The minimum absolute atomic E-state index is 0.273. The van der Waals surface area contributed by atoms with Gasteiger partial charge in [-0.2, -0.15) is 13.2 Å². The number of benzene rings is 1. The predicted octanol–water partition coefficient (Wildman–Crippen LogP) is 3.28. The Labute approximate surface area is 122 Å². The lowest BCUT2D eigenvalue weighted by Crippen LogP contribution is -2.08. The summed E-state index contributed by atoms with van der Waals surface area (Å²) in [6.45, 7) is 0.468. The fourth-order valence-corrected chi connectivity index (χ4v) is 2.05. The third-order valence-electron chi connectivity index (χ3n) is 3.10. The van der Waals surface area contributed by atoms with Gasteiger partial charge in [0.05, 0.1) is 30.5 Å². The topological polar surface area (TPSA) is 35.6 Å². The zero-order valence-corrected chi connectivity index (χ0v) is 11.1. The maximum Gasteiger partial charge on any atom is 0.419 e. The molecule has 0 atom stereocenters. The van der Waals surface area contributed by atoms with E-state index in [-0.39, 0.29) is 5.69 Å². The highest BCUT2D eigenvalue weighted by Crippen LogP contribution is 2.32. The van der Waals surface area contributed by atoms with Gasteiger partial charge in [-0.1, -0.05) is 0 Å². The molecule has 0 unspecified atom stereocenters. The summed E-state index contributed by atoms with van der Waals surface area (Å²) in [5.41, 5.74) is -0.330. The van der Waals surface area contributed by atoms with Crippen LogP contribution < -0.4 is 0 Å². The zero-order chi connectivity index (χ0) is 15.7. The van der Waals surface area contributed by atoms with Crippen LogP contribution in [0, 0.1) is 5.82 Å². The van der Waals surface area contributed by atoms with E-state index in [1.54, 1.807) is 29.5 Å². The number of nitrogens with zero attached hydrogens (tertiary/aromatic N) is 4. The van der Waals surface area contributed by atoms with Crippen molar-refractivity contribution in [3.05, 3.63) is 66.5 Å². The number of aromatic nitrogens is 4. The molecule has 22 heavy (non-hydrogen) atoms. The summed E-state index contributed by atoms with van der Waals surface area (Å²) >= 11 is 0. The van der Waals surface area contributed by atoms with Gasteiger partial charge in [-0.05, 0) is 18.2 Å². The van der Waals surface area contributed by atoms with E-state index in [0.29, 0.717) is 12.2 Å². The van der Waals surface area contributed by atoms with E-state index in [1.807, 2.05) is 0 Å². The molecule has 0 aliphatic rings. The van der Waals surface area contributed by atoms with E-state index in [0.717, 1.165) is 12.1 Å². The van der Waals surface area contributed by atoms with Crippen molar-refractivity contribution in [3.63, 3.8) is 0 Å². The van der Waals surface area contributed by atoms with Crippen molar-refractivity contribution >= 4 is 0 Å². The van der Waals surface area contributed by atoms with E-state index in [4.69, 9.17) is 0 Å². The van der Waals surface area contributed by atoms with Crippen LogP contribution in [-0.2, 0) is 12.7 Å². The normalized spacial score (nSPS) is 11.8. The lowest BCUT2D eigenvalue weighted by molar-refractivity contribution is -0.139. The molecule has 0 aliphatic heterocycles. The molecule has 0 amide bonds. The maximum atomic E-state index is 13.6. The van der Waals surface area contributed by atoms with Crippen LogP contribution in [0.3, 0.4) is 0 Å². The van der Waals surface area contributed by atoms with E-state index in [9.17, 15) is 17.6 Å². The molecule has 0 fully saturated rings. The highest BCUT2D eigenvalue weighted by molar-refractivity contribution is 5.37. The number of hydrogen-bond acceptors (Lipinski definition) is 2. The Morgan fingerprint density at radius 2 is 1.95 bits per heavy atom. The molecule has 0 N–H and O–H groups in total. The molecule has 0 bridgehead atoms. The molecule has 1 aromatic carbocycles. The number of halogens is 4. The Kier molecular flexibility index (Phi) is 3.44. The molecule has 8 heteroatoms.